The molecule has 0 bridgehead atoms. The fourth-order valence-corrected chi connectivity index (χ4v) is 13.6. The van der Waals surface area contributed by atoms with E-state index in [4.69, 9.17) is 0 Å². The van der Waals surface area contributed by atoms with Crippen molar-refractivity contribution < 1.29 is 0 Å². The van der Waals surface area contributed by atoms with E-state index in [0.29, 0.717) is 23.2 Å². The van der Waals surface area contributed by atoms with Gasteiger partial charge in [0.25, 0.3) is 0 Å². The highest BCUT2D eigenvalue weighted by Gasteiger charge is 2.70. The molecule has 12 atom stereocenters. The predicted molar refractivity (Wildman–Crippen MR) is 160 cm³/mol. The summed E-state index contributed by atoms with van der Waals surface area (Å²) in [5.74, 6) is 8.40. The number of hydrogen-bond acceptors (Lipinski definition) is 0. The summed E-state index contributed by atoms with van der Waals surface area (Å²) >= 11 is 4.21. The number of alkyl halides is 1. The summed E-state index contributed by atoms with van der Waals surface area (Å²) in [5.41, 5.74) is 7.70. The van der Waals surface area contributed by atoms with E-state index in [1.54, 1.807) is 11.1 Å². The number of benzene rings is 1. The summed E-state index contributed by atoms with van der Waals surface area (Å²) in [7, 11) is 0. The molecule has 0 nitrogen and oxygen atoms in total. The van der Waals surface area contributed by atoms with Crippen LogP contribution in [0, 0.1) is 52.8 Å². The van der Waals surface area contributed by atoms with Crippen LogP contribution in [0.2, 0.25) is 0 Å². The van der Waals surface area contributed by atoms with Gasteiger partial charge in [0.15, 0.2) is 0 Å². The molecule has 5 fully saturated rings. The minimum atomic E-state index is 0.495. The van der Waals surface area contributed by atoms with Gasteiger partial charge in [0.2, 0.25) is 0 Å². The smallest absolute Gasteiger partial charge is 0.0149 e. The van der Waals surface area contributed by atoms with Crippen LogP contribution in [0.4, 0.5) is 0 Å². The molecular formula is C37H45Br. The first-order valence-electron chi connectivity index (χ1n) is 16.6. The molecule has 9 rings (SSSR count). The van der Waals surface area contributed by atoms with E-state index in [0.717, 1.165) is 46.3 Å². The lowest BCUT2D eigenvalue weighted by atomic mass is 9.54. The van der Waals surface area contributed by atoms with Crippen molar-refractivity contribution in [2.75, 3.05) is 0 Å². The Labute approximate surface area is 238 Å². The maximum absolute atomic E-state index is 4.21. The van der Waals surface area contributed by atoms with Gasteiger partial charge in [-0.05, 0) is 133 Å². The number of fused-ring (bicyclic) bond motifs is 16. The van der Waals surface area contributed by atoms with E-state index in [2.05, 4.69) is 64.5 Å². The monoisotopic (exact) mass is 568 g/mol. The molecule has 38 heavy (non-hydrogen) atoms. The Morgan fingerprint density at radius 1 is 0.684 bits per heavy atom. The van der Waals surface area contributed by atoms with Gasteiger partial charge in [-0.15, -0.1) is 0 Å². The third-order valence-electron chi connectivity index (χ3n) is 13.8. The van der Waals surface area contributed by atoms with Crippen molar-refractivity contribution in [3.63, 3.8) is 0 Å². The van der Waals surface area contributed by atoms with Crippen LogP contribution in [0.5, 0.6) is 0 Å². The molecule has 0 aliphatic heterocycles. The molecule has 0 aromatic heterocycles. The Hall–Kier alpha value is -1.08. The van der Waals surface area contributed by atoms with Gasteiger partial charge in [-0.2, -0.15) is 0 Å². The summed E-state index contributed by atoms with van der Waals surface area (Å²) in [6, 6.07) is 9.65. The van der Waals surface area contributed by atoms with Gasteiger partial charge in [0, 0.05) is 16.2 Å². The maximum atomic E-state index is 4.21. The molecule has 5 saturated carbocycles. The summed E-state index contributed by atoms with van der Waals surface area (Å²) in [4.78, 5) is 0.750. The molecule has 1 spiro atoms. The number of hydrogen-bond donors (Lipinski definition) is 0. The summed E-state index contributed by atoms with van der Waals surface area (Å²) < 4.78 is 0. The highest BCUT2D eigenvalue weighted by atomic mass is 79.9. The van der Waals surface area contributed by atoms with Crippen molar-refractivity contribution in [1.82, 2.24) is 0 Å². The second kappa shape index (κ2) is 8.71. The quantitative estimate of drug-likeness (QED) is 0.215. The zero-order valence-corrected chi connectivity index (χ0v) is 24.6. The highest BCUT2D eigenvalue weighted by molar-refractivity contribution is 9.09. The molecule has 1 aromatic carbocycles. The Morgan fingerprint density at radius 2 is 1.47 bits per heavy atom. The van der Waals surface area contributed by atoms with E-state index < -0.39 is 0 Å². The Morgan fingerprint density at radius 3 is 2.39 bits per heavy atom. The van der Waals surface area contributed by atoms with Crippen molar-refractivity contribution in [1.29, 1.82) is 0 Å². The van der Waals surface area contributed by atoms with E-state index in [-0.39, 0.29) is 0 Å². The van der Waals surface area contributed by atoms with Crippen LogP contribution in [0.25, 0.3) is 0 Å². The molecular weight excluding hydrogens is 524 g/mol. The van der Waals surface area contributed by atoms with Crippen LogP contribution in [-0.4, -0.2) is 4.83 Å². The van der Waals surface area contributed by atoms with Crippen LogP contribution < -0.4 is 0 Å². The molecule has 200 valence electrons. The normalized spacial score (nSPS) is 50.0. The molecule has 0 radical (unpaired) electrons. The number of allylic oxidation sites excluding steroid dienone is 6. The molecule has 8 aliphatic rings. The van der Waals surface area contributed by atoms with E-state index in [1.165, 1.54) is 83.5 Å². The first-order valence-corrected chi connectivity index (χ1v) is 17.5. The lowest BCUT2D eigenvalue weighted by Gasteiger charge is -2.50. The van der Waals surface area contributed by atoms with Crippen LogP contribution in [-0.2, 0) is 0 Å². The van der Waals surface area contributed by atoms with Gasteiger partial charge < -0.3 is 0 Å². The van der Waals surface area contributed by atoms with Gasteiger partial charge >= 0.3 is 0 Å². The molecule has 0 N–H and O–H groups in total. The average Bonchev–Trinajstić information content (AvgIpc) is 3.43. The van der Waals surface area contributed by atoms with Crippen LogP contribution in [0.15, 0.2) is 59.7 Å². The molecule has 0 heterocycles. The van der Waals surface area contributed by atoms with Gasteiger partial charge in [0.1, 0.15) is 0 Å². The SMILES string of the molecule is BrC1CCC2C3CCCCC3C3(C4=CC5C(C=C4C4CCCCC43)c3ccccc3C3CCC=CC35)C2C1. The zero-order chi connectivity index (χ0) is 25.0. The lowest BCUT2D eigenvalue weighted by Crippen LogP contribution is -2.44. The maximum Gasteiger partial charge on any atom is 0.0149 e. The second-order valence-electron chi connectivity index (χ2n) is 14.8. The van der Waals surface area contributed by atoms with Crippen LogP contribution in [0.1, 0.15) is 106 Å². The molecule has 1 aromatic rings. The van der Waals surface area contributed by atoms with Crippen molar-refractivity contribution in [3.8, 4) is 0 Å². The van der Waals surface area contributed by atoms with E-state index >= 15 is 0 Å². The summed E-state index contributed by atoms with van der Waals surface area (Å²) in [5, 5.41) is 0. The van der Waals surface area contributed by atoms with Crippen molar-refractivity contribution in [2.45, 2.75) is 100 Å². The standard InChI is InChI=1S/C37H45Br/c38-22-17-18-29-27-13-5-7-15-33(27)37(35(29)19-22)34-16-8-6-14-28(34)32-20-30-25-11-3-1-9-23(25)24-10-2-4-12-26(24)31(30)21-36(32)37/h1,3-4,9,11-12,20-22,24,26-31,33-35H,2,5-8,10,13-19H2. The molecule has 1 heteroatoms. The largest absolute Gasteiger partial charge is 0.0891 e. The second-order valence-corrected chi connectivity index (χ2v) is 16.1. The van der Waals surface area contributed by atoms with E-state index in [9.17, 15) is 0 Å². The van der Waals surface area contributed by atoms with Gasteiger partial charge in [-0.25, -0.2) is 0 Å². The van der Waals surface area contributed by atoms with E-state index in [1.807, 2.05) is 11.1 Å². The zero-order valence-electron chi connectivity index (χ0n) is 23.0. The minimum absolute atomic E-state index is 0.495. The predicted octanol–water partition coefficient (Wildman–Crippen LogP) is 10.1. The lowest BCUT2D eigenvalue weighted by molar-refractivity contribution is 0.0360. The topological polar surface area (TPSA) is 0 Å². The van der Waals surface area contributed by atoms with Crippen LogP contribution in [0.3, 0.4) is 0 Å². The fourth-order valence-electron chi connectivity index (χ4n) is 12.9. The van der Waals surface area contributed by atoms with Gasteiger partial charge in [-0.1, -0.05) is 90.2 Å². The summed E-state index contributed by atoms with van der Waals surface area (Å²) in [6.45, 7) is 0. The summed E-state index contributed by atoms with van der Waals surface area (Å²) in [6.07, 6.45) is 30.1. The highest BCUT2D eigenvalue weighted by Crippen LogP contribution is 2.77. The number of halogens is 1. The van der Waals surface area contributed by atoms with Gasteiger partial charge in [0.05, 0.1) is 0 Å². The third-order valence-corrected chi connectivity index (χ3v) is 14.6. The Balaban J connectivity index is 1.26. The number of rotatable bonds is 0. The fraction of sp³-hybridized carbons (Fsp3) is 0.676. The average molecular weight is 570 g/mol. The van der Waals surface area contributed by atoms with Crippen molar-refractivity contribution in [3.05, 3.63) is 70.8 Å². The molecule has 8 aliphatic carbocycles. The van der Waals surface area contributed by atoms with Gasteiger partial charge in [-0.3, -0.25) is 0 Å². The Bertz CT molecular complexity index is 1220. The first-order chi connectivity index (χ1) is 18.8. The first kappa shape index (κ1) is 23.6. The Kier molecular flexibility index (Phi) is 5.41. The minimum Gasteiger partial charge on any atom is -0.0891 e. The van der Waals surface area contributed by atoms with Crippen LogP contribution >= 0.6 is 15.9 Å². The van der Waals surface area contributed by atoms with Crippen molar-refractivity contribution in [2.24, 2.45) is 52.8 Å². The molecule has 12 unspecified atom stereocenters. The third kappa shape index (κ3) is 2.99. The van der Waals surface area contributed by atoms with Crippen molar-refractivity contribution >= 4 is 15.9 Å². The molecule has 0 saturated heterocycles. The molecule has 0 amide bonds.